The summed E-state index contributed by atoms with van der Waals surface area (Å²) in [5, 5.41) is 10.2. The van der Waals surface area contributed by atoms with Gasteiger partial charge in [0.2, 0.25) is 0 Å². The minimum Gasteiger partial charge on any atom is -0.309 e. The molecular weight excluding hydrogens is 797 g/mol. The van der Waals surface area contributed by atoms with Crippen LogP contribution in [0.5, 0.6) is 0 Å². The summed E-state index contributed by atoms with van der Waals surface area (Å²) < 4.78 is 86.7. The van der Waals surface area contributed by atoms with Crippen molar-refractivity contribution in [1.29, 1.82) is 0 Å². The maximum absolute atomic E-state index is 8.96. The van der Waals surface area contributed by atoms with Gasteiger partial charge in [0, 0.05) is 32.9 Å². The summed E-state index contributed by atoms with van der Waals surface area (Å²) in [6.45, 7) is 8.37. The number of nitrogens with zero attached hydrogens (tertiary/aromatic N) is 2. The lowest BCUT2D eigenvalue weighted by molar-refractivity contribution is 1.28. The van der Waals surface area contributed by atoms with Gasteiger partial charge in [-0.1, -0.05) is 181 Å². The summed E-state index contributed by atoms with van der Waals surface area (Å²) in [5.74, 6) is 0. The highest BCUT2D eigenvalue weighted by molar-refractivity contribution is 6.28. The molecule has 0 unspecified atom stereocenters. The van der Waals surface area contributed by atoms with Gasteiger partial charge in [-0.3, -0.25) is 0 Å². The number of hydrogen-bond acceptors (Lipinski definition) is 2. The van der Waals surface area contributed by atoms with Gasteiger partial charge in [0.05, 0.1) is 36.5 Å². The second-order valence-electron chi connectivity index (χ2n) is 17.3. The second kappa shape index (κ2) is 15.8. The van der Waals surface area contributed by atoms with Gasteiger partial charge in [0.15, 0.2) is 0 Å². The van der Waals surface area contributed by atoms with E-state index in [0.29, 0.717) is 11.1 Å². The molecule has 0 bridgehead atoms. The van der Waals surface area contributed by atoms with Crippen molar-refractivity contribution in [3.8, 4) is 22.3 Å². The Morgan fingerprint density at radius 2 is 0.727 bits per heavy atom. The number of aryl methyl sites for hydroxylation is 4. The lowest BCUT2D eigenvalue weighted by Crippen LogP contribution is -2.13. The summed E-state index contributed by atoms with van der Waals surface area (Å²) >= 11 is 0. The Hall–Kier alpha value is -8.20. The van der Waals surface area contributed by atoms with Crippen LogP contribution < -0.4 is 9.80 Å². The quantitative estimate of drug-likeness (QED) is 0.141. The van der Waals surface area contributed by atoms with Crippen LogP contribution in [0.4, 0.5) is 34.1 Å². The lowest BCUT2D eigenvalue weighted by atomic mass is 9.91. The standard InChI is InChI=1S/C64H48N2/c1-41-21-25-47-27-23-43(3)63(57(47)37-41)65(53-19-11-17-51(39-53)45-13-7-5-8-14-45)59-35-31-49-30-34-56-60(36-32-50-29-33-55(59)61(49)62(50)56)66(54-20-12-18-52(40-54)46-15-9-6-10-16-46)64-44(4)24-28-48-26-22-42(2)38-58(48)64/h5-40H,1-4H3/i5D,6D,7D,8D,9D,10D,13D,14D,15D,16D. The Morgan fingerprint density at radius 1 is 0.333 bits per heavy atom. The van der Waals surface area contributed by atoms with E-state index in [-0.39, 0.29) is 35.3 Å². The third kappa shape index (κ3) is 6.56. The summed E-state index contributed by atoms with van der Waals surface area (Å²) in [6.07, 6.45) is 0. The number of fused-ring (bicyclic) bond motifs is 2. The molecule has 0 N–H and O–H groups in total. The number of hydrogen-bond donors (Lipinski definition) is 0. The van der Waals surface area contributed by atoms with Gasteiger partial charge < -0.3 is 9.80 Å². The topological polar surface area (TPSA) is 6.48 Å². The van der Waals surface area contributed by atoms with Crippen molar-refractivity contribution >= 4 is 88.0 Å². The van der Waals surface area contributed by atoms with E-state index >= 15 is 0 Å². The van der Waals surface area contributed by atoms with Gasteiger partial charge in [0.1, 0.15) is 0 Å². The van der Waals surface area contributed by atoms with E-state index in [1.165, 1.54) is 0 Å². The zero-order valence-corrected chi connectivity index (χ0v) is 36.9. The fraction of sp³-hybridized carbons (Fsp3) is 0.0625. The van der Waals surface area contributed by atoms with Gasteiger partial charge in [-0.25, -0.2) is 0 Å². The van der Waals surface area contributed by atoms with Crippen molar-refractivity contribution in [1.82, 2.24) is 0 Å². The molecule has 0 aromatic heterocycles. The molecule has 2 heteroatoms. The van der Waals surface area contributed by atoms with Crippen LogP contribution in [0.2, 0.25) is 0 Å². The first-order valence-electron chi connectivity index (χ1n) is 27.2. The number of rotatable bonds is 8. The van der Waals surface area contributed by atoms with Crippen molar-refractivity contribution in [2.75, 3.05) is 9.80 Å². The molecule has 0 amide bonds. The van der Waals surface area contributed by atoms with Gasteiger partial charge >= 0.3 is 0 Å². The van der Waals surface area contributed by atoms with Crippen LogP contribution in [0, 0.1) is 27.7 Å². The predicted molar refractivity (Wildman–Crippen MR) is 284 cm³/mol. The summed E-state index contributed by atoms with van der Waals surface area (Å²) in [4.78, 5) is 4.50. The highest BCUT2D eigenvalue weighted by atomic mass is 15.2. The van der Waals surface area contributed by atoms with Crippen molar-refractivity contribution in [3.05, 3.63) is 240 Å². The fourth-order valence-electron chi connectivity index (χ4n) is 9.97. The Kier molecular flexibility index (Phi) is 7.19. The van der Waals surface area contributed by atoms with E-state index in [0.717, 1.165) is 110 Å². The minimum atomic E-state index is -0.442. The molecule has 0 fully saturated rings. The first-order valence-corrected chi connectivity index (χ1v) is 22.2. The van der Waals surface area contributed by atoms with Crippen LogP contribution in [0.15, 0.2) is 218 Å². The molecule has 0 radical (unpaired) electrons. The zero-order chi connectivity index (χ0) is 53.2. The van der Waals surface area contributed by atoms with Crippen molar-refractivity contribution in [2.45, 2.75) is 27.7 Å². The molecule has 12 aromatic rings. The molecular formula is C64H48N2. The highest BCUT2D eigenvalue weighted by Crippen LogP contribution is 2.51. The average Bonchev–Trinajstić information content (AvgIpc) is 3.61. The maximum atomic E-state index is 8.96. The molecule has 2 nitrogen and oxygen atoms in total. The molecule has 0 saturated carbocycles. The molecule has 12 rings (SSSR count). The largest absolute Gasteiger partial charge is 0.309 e. The van der Waals surface area contributed by atoms with Gasteiger partial charge in [-0.2, -0.15) is 0 Å². The van der Waals surface area contributed by atoms with Crippen molar-refractivity contribution < 1.29 is 13.7 Å². The van der Waals surface area contributed by atoms with Crippen molar-refractivity contribution in [2.24, 2.45) is 0 Å². The first kappa shape index (κ1) is 30.0. The Bertz CT molecular complexity index is 4080. The lowest BCUT2D eigenvalue weighted by Gasteiger charge is -2.32. The van der Waals surface area contributed by atoms with E-state index in [4.69, 9.17) is 13.7 Å². The monoisotopic (exact) mass is 854 g/mol. The number of anilines is 6. The van der Waals surface area contributed by atoms with Gasteiger partial charge in [-0.15, -0.1) is 0 Å². The van der Waals surface area contributed by atoms with E-state index < -0.39 is 36.3 Å². The Morgan fingerprint density at radius 3 is 1.17 bits per heavy atom. The molecule has 0 spiro atoms. The summed E-state index contributed by atoms with van der Waals surface area (Å²) in [7, 11) is 0. The molecule has 314 valence electrons. The van der Waals surface area contributed by atoms with E-state index in [1.807, 2.05) is 36.4 Å². The van der Waals surface area contributed by atoms with Gasteiger partial charge in [0.25, 0.3) is 0 Å². The van der Waals surface area contributed by atoms with Crippen molar-refractivity contribution in [3.63, 3.8) is 0 Å². The molecule has 0 aliphatic carbocycles. The fourth-order valence-corrected chi connectivity index (χ4v) is 9.97. The second-order valence-corrected chi connectivity index (χ2v) is 17.3. The van der Waals surface area contributed by atoms with Crippen LogP contribution in [-0.4, -0.2) is 0 Å². The Labute approximate surface area is 400 Å². The smallest absolute Gasteiger partial charge is 0.0629 e. The van der Waals surface area contributed by atoms with Crippen LogP contribution in [0.1, 0.15) is 36.0 Å². The molecule has 0 atom stereocenters. The van der Waals surface area contributed by atoms with E-state index in [9.17, 15) is 0 Å². The summed E-state index contributed by atoms with van der Waals surface area (Å²) in [5.41, 5.74) is 10.6. The third-order valence-electron chi connectivity index (χ3n) is 13.0. The molecule has 0 heterocycles. The van der Waals surface area contributed by atoms with E-state index in [1.54, 1.807) is 12.1 Å². The van der Waals surface area contributed by atoms with Crippen LogP contribution >= 0.6 is 0 Å². The third-order valence-corrected chi connectivity index (χ3v) is 13.0. The maximum Gasteiger partial charge on any atom is 0.0629 e. The van der Waals surface area contributed by atoms with Crippen LogP contribution in [-0.2, 0) is 0 Å². The average molecular weight is 855 g/mol. The normalized spacial score (nSPS) is 13.8. The molecule has 0 saturated heterocycles. The highest BCUT2D eigenvalue weighted by Gasteiger charge is 2.25. The van der Waals surface area contributed by atoms with Gasteiger partial charge in [-0.05, 0) is 142 Å². The molecule has 0 aliphatic heterocycles. The Balaban J connectivity index is 1.15. The number of benzene rings is 12. The SMILES string of the molecule is [2H]c1c([2H])c([2H])c(-c2cccc(N(c3c(C)ccc4ccc(C)cc34)c3ccc4ccc5c(N(c6cccc(-c7c([2H])c([2H])c([2H])c([2H])c7[2H])c6)c6c(C)ccc7ccc(C)cc67)ccc6ccc3c4c65)c2)c([2H])c1[2H]. The van der Waals surface area contributed by atoms with Crippen LogP contribution in [0.3, 0.4) is 0 Å². The predicted octanol–water partition coefficient (Wildman–Crippen LogP) is 18.4. The molecule has 66 heavy (non-hydrogen) atoms. The molecule has 12 aromatic carbocycles. The van der Waals surface area contributed by atoms with E-state index in [2.05, 4.69) is 147 Å². The molecule has 0 aliphatic rings. The van der Waals surface area contributed by atoms with Crippen LogP contribution in [0.25, 0.3) is 76.1 Å². The zero-order valence-electron chi connectivity index (χ0n) is 46.9. The summed E-state index contributed by atoms with van der Waals surface area (Å²) in [6, 6.07) is 50.3. The first-order chi connectivity index (χ1) is 36.5. The minimum absolute atomic E-state index is 0.126.